The third-order valence-electron chi connectivity index (χ3n) is 2.46. The van der Waals surface area contributed by atoms with E-state index >= 15 is 0 Å². The minimum Gasteiger partial charge on any atom is -0.476 e. The molecule has 1 heterocycles. The van der Waals surface area contributed by atoms with Crippen molar-refractivity contribution >= 4 is 17.6 Å². The van der Waals surface area contributed by atoms with Crippen LogP contribution in [0, 0.1) is 0 Å². The molecule has 0 fully saturated rings. The summed E-state index contributed by atoms with van der Waals surface area (Å²) in [6, 6.07) is 1.74. The van der Waals surface area contributed by atoms with Crippen molar-refractivity contribution in [3.8, 4) is 0 Å². The maximum Gasteiger partial charge on any atom is 0.356 e. The molecule has 2 rings (SSSR count). The standard InChI is InChI=1S/C10H10ClNO2/c11-7-5-6-3-1-2-4-8(6)12-9(7)10(13)14/h5H,1-4H2,(H,13,14). The van der Waals surface area contributed by atoms with E-state index in [-0.39, 0.29) is 10.7 Å². The van der Waals surface area contributed by atoms with Crippen molar-refractivity contribution in [1.29, 1.82) is 0 Å². The lowest BCUT2D eigenvalue weighted by molar-refractivity contribution is 0.0690. The number of halogens is 1. The number of aromatic nitrogens is 1. The lowest BCUT2D eigenvalue weighted by Crippen LogP contribution is -2.10. The summed E-state index contributed by atoms with van der Waals surface area (Å²) < 4.78 is 0. The normalized spacial score (nSPS) is 14.9. The maximum absolute atomic E-state index is 10.8. The van der Waals surface area contributed by atoms with Crippen LogP contribution in [-0.4, -0.2) is 16.1 Å². The van der Waals surface area contributed by atoms with Crippen LogP contribution < -0.4 is 0 Å². The average molecular weight is 212 g/mol. The molecule has 0 saturated carbocycles. The number of carboxylic acid groups (broad SMARTS) is 1. The largest absolute Gasteiger partial charge is 0.476 e. The van der Waals surface area contributed by atoms with Crippen molar-refractivity contribution in [1.82, 2.24) is 4.98 Å². The third-order valence-corrected chi connectivity index (χ3v) is 2.74. The SMILES string of the molecule is O=C(O)c1nc2c(cc1Cl)CCCC2. The van der Waals surface area contributed by atoms with E-state index in [0.717, 1.165) is 36.9 Å². The summed E-state index contributed by atoms with van der Waals surface area (Å²) in [7, 11) is 0. The molecule has 1 aliphatic carbocycles. The number of hydrogen-bond acceptors (Lipinski definition) is 2. The number of pyridine rings is 1. The highest BCUT2D eigenvalue weighted by Crippen LogP contribution is 2.24. The molecule has 0 aliphatic heterocycles. The summed E-state index contributed by atoms with van der Waals surface area (Å²) in [5, 5.41) is 9.07. The van der Waals surface area contributed by atoms with Crippen molar-refractivity contribution in [3.63, 3.8) is 0 Å². The molecule has 0 unspecified atom stereocenters. The third kappa shape index (κ3) is 1.60. The zero-order valence-corrected chi connectivity index (χ0v) is 8.34. The first-order chi connectivity index (χ1) is 6.68. The van der Waals surface area contributed by atoms with Gasteiger partial charge in [-0.3, -0.25) is 0 Å². The fourth-order valence-electron chi connectivity index (χ4n) is 1.76. The fourth-order valence-corrected chi connectivity index (χ4v) is 2.01. The first kappa shape index (κ1) is 9.46. The molecule has 0 saturated heterocycles. The highest BCUT2D eigenvalue weighted by Gasteiger charge is 2.17. The number of carbonyl (C=O) groups is 1. The first-order valence-electron chi connectivity index (χ1n) is 4.60. The summed E-state index contributed by atoms with van der Waals surface area (Å²) in [4.78, 5) is 14.8. The Labute approximate surface area is 86.7 Å². The second-order valence-electron chi connectivity index (χ2n) is 3.44. The molecule has 0 amide bonds. The van der Waals surface area contributed by atoms with Crippen LogP contribution in [0.25, 0.3) is 0 Å². The van der Waals surface area contributed by atoms with Crippen molar-refractivity contribution in [3.05, 3.63) is 28.0 Å². The molecular weight excluding hydrogens is 202 g/mol. The number of nitrogens with zero attached hydrogens (tertiary/aromatic N) is 1. The molecule has 1 N–H and O–H groups in total. The Bertz CT molecular complexity index is 390. The van der Waals surface area contributed by atoms with Crippen LogP contribution >= 0.6 is 11.6 Å². The van der Waals surface area contributed by atoms with E-state index in [1.165, 1.54) is 0 Å². The number of carboxylic acids is 1. The molecular formula is C10H10ClNO2. The highest BCUT2D eigenvalue weighted by atomic mass is 35.5. The predicted molar refractivity (Wildman–Crippen MR) is 52.8 cm³/mol. The van der Waals surface area contributed by atoms with Crippen LogP contribution in [0.2, 0.25) is 5.02 Å². The molecule has 74 valence electrons. The van der Waals surface area contributed by atoms with Crippen molar-refractivity contribution in [2.45, 2.75) is 25.7 Å². The quantitative estimate of drug-likeness (QED) is 0.776. The van der Waals surface area contributed by atoms with Crippen LogP contribution in [0.1, 0.15) is 34.6 Å². The lowest BCUT2D eigenvalue weighted by atomic mass is 9.96. The molecule has 4 heteroatoms. The Morgan fingerprint density at radius 1 is 1.43 bits per heavy atom. The van der Waals surface area contributed by atoms with Gasteiger partial charge in [0.15, 0.2) is 5.69 Å². The Morgan fingerprint density at radius 3 is 2.86 bits per heavy atom. The molecule has 14 heavy (non-hydrogen) atoms. The van der Waals surface area contributed by atoms with E-state index in [0.29, 0.717) is 0 Å². The fraction of sp³-hybridized carbons (Fsp3) is 0.400. The van der Waals surface area contributed by atoms with Gasteiger partial charge in [-0.2, -0.15) is 0 Å². The Kier molecular flexibility index (Phi) is 2.42. The second-order valence-corrected chi connectivity index (χ2v) is 3.84. The minimum absolute atomic E-state index is 0.0210. The first-order valence-corrected chi connectivity index (χ1v) is 4.98. The van der Waals surface area contributed by atoms with E-state index in [9.17, 15) is 4.79 Å². The van der Waals surface area contributed by atoms with E-state index < -0.39 is 5.97 Å². The van der Waals surface area contributed by atoms with E-state index in [1.54, 1.807) is 6.07 Å². The number of hydrogen-bond donors (Lipinski definition) is 1. The smallest absolute Gasteiger partial charge is 0.356 e. The lowest BCUT2D eigenvalue weighted by Gasteiger charge is -2.15. The zero-order chi connectivity index (χ0) is 10.1. The summed E-state index contributed by atoms with van der Waals surface area (Å²) in [5.74, 6) is -1.05. The van der Waals surface area contributed by atoms with Gasteiger partial charge < -0.3 is 5.11 Å². The number of aromatic carboxylic acids is 1. The molecule has 1 aliphatic rings. The monoisotopic (exact) mass is 211 g/mol. The van der Waals surface area contributed by atoms with Crippen LogP contribution in [-0.2, 0) is 12.8 Å². The van der Waals surface area contributed by atoms with Gasteiger partial charge in [-0.15, -0.1) is 0 Å². The summed E-state index contributed by atoms with van der Waals surface area (Å²) >= 11 is 5.81. The molecule has 0 bridgehead atoms. The molecule has 1 aromatic heterocycles. The van der Waals surface area contributed by atoms with Crippen LogP contribution in [0.5, 0.6) is 0 Å². The highest BCUT2D eigenvalue weighted by molar-refractivity contribution is 6.33. The van der Waals surface area contributed by atoms with Gasteiger partial charge in [-0.05, 0) is 37.3 Å². The predicted octanol–water partition coefficient (Wildman–Crippen LogP) is 2.31. The van der Waals surface area contributed by atoms with Crippen molar-refractivity contribution < 1.29 is 9.90 Å². The second kappa shape index (κ2) is 3.58. The summed E-state index contributed by atoms with van der Waals surface area (Å²) in [6.45, 7) is 0. The van der Waals surface area contributed by atoms with Gasteiger partial charge in [-0.25, -0.2) is 9.78 Å². The Balaban J connectivity index is 2.50. The van der Waals surface area contributed by atoms with Gasteiger partial charge >= 0.3 is 5.97 Å². The Morgan fingerprint density at radius 2 is 2.14 bits per heavy atom. The van der Waals surface area contributed by atoms with Gasteiger partial charge in [0.1, 0.15) is 0 Å². The van der Waals surface area contributed by atoms with Crippen molar-refractivity contribution in [2.24, 2.45) is 0 Å². The molecule has 0 spiro atoms. The number of rotatable bonds is 1. The summed E-state index contributed by atoms with van der Waals surface area (Å²) in [6.07, 6.45) is 4.05. The number of fused-ring (bicyclic) bond motifs is 1. The van der Waals surface area contributed by atoms with E-state index in [4.69, 9.17) is 16.7 Å². The maximum atomic E-state index is 10.8. The van der Waals surface area contributed by atoms with Gasteiger partial charge in [-0.1, -0.05) is 11.6 Å². The van der Waals surface area contributed by atoms with Crippen LogP contribution in [0.3, 0.4) is 0 Å². The van der Waals surface area contributed by atoms with Gasteiger partial charge in [0, 0.05) is 5.69 Å². The molecule has 0 atom stereocenters. The van der Waals surface area contributed by atoms with Gasteiger partial charge in [0.05, 0.1) is 5.02 Å². The van der Waals surface area contributed by atoms with Gasteiger partial charge in [0.25, 0.3) is 0 Å². The molecule has 1 aromatic rings. The van der Waals surface area contributed by atoms with E-state index in [2.05, 4.69) is 4.98 Å². The minimum atomic E-state index is -1.05. The molecule has 3 nitrogen and oxygen atoms in total. The topological polar surface area (TPSA) is 50.2 Å². The number of aryl methyl sites for hydroxylation is 2. The summed E-state index contributed by atoms with van der Waals surface area (Å²) in [5.41, 5.74) is 1.98. The zero-order valence-electron chi connectivity index (χ0n) is 7.59. The Hall–Kier alpha value is -1.09. The molecule has 0 radical (unpaired) electrons. The van der Waals surface area contributed by atoms with Crippen molar-refractivity contribution in [2.75, 3.05) is 0 Å². The van der Waals surface area contributed by atoms with Gasteiger partial charge in [0.2, 0.25) is 0 Å². The average Bonchev–Trinajstić information content (AvgIpc) is 2.16. The molecule has 0 aromatic carbocycles. The van der Waals surface area contributed by atoms with Crippen LogP contribution in [0.15, 0.2) is 6.07 Å². The van der Waals surface area contributed by atoms with Crippen LogP contribution in [0.4, 0.5) is 0 Å². The van der Waals surface area contributed by atoms with E-state index in [1.807, 2.05) is 0 Å².